The number of oxazole rings is 1. The maximum atomic E-state index is 5.79. The van der Waals surface area contributed by atoms with E-state index in [-0.39, 0.29) is 0 Å². The number of nitrogens with zero attached hydrogens (tertiary/aromatic N) is 1. The smallest absolute Gasteiger partial charge is 0.257 e. The van der Waals surface area contributed by atoms with Crippen LogP contribution in [0.25, 0.3) is 11.1 Å². The molecule has 0 spiro atoms. The normalized spacial score (nSPS) is 23.8. The number of thioether (sulfide) groups is 1. The number of nitrogens with two attached hydrogens (primary N) is 1. The summed E-state index contributed by atoms with van der Waals surface area (Å²) in [4.78, 5) is 4.53. The van der Waals surface area contributed by atoms with Crippen LogP contribution in [0.1, 0.15) is 39.0 Å². The molecular weight excluding hydrogens is 256 g/mol. The number of hydrogen-bond acceptors (Lipinski definition) is 4. The molecule has 1 saturated carbocycles. The van der Waals surface area contributed by atoms with Gasteiger partial charge in [-0.1, -0.05) is 37.9 Å². The van der Waals surface area contributed by atoms with Crippen LogP contribution in [-0.2, 0) is 0 Å². The number of benzene rings is 1. The van der Waals surface area contributed by atoms with E-state index in [0.29, 0.717) is 5.25 Å². The fourth-order valence-electron chi connectivity index (χ4n) is 2.84. The zero-order valence-corrected chi connectivity index (χ0v) is 12.1. The standard InChI is InChI=1S/C15H20N2OS/c1-2-10-4-3-5-12(8-10)19-15-17-13-9-11(16)6-7-14(13)18-15/h6-7,9-10,12H,2-5,8,16H2,1H3. The minimum absolute atomic E-state index is 0.657. The fourth-order valence-corrected chi connectivity index (χ4v) is 4.06. The second kappa shape index (κ2) is 5.45. The highest BCUT2D eigenvalue weighted by atomic mass is 32.2. The van der Waals surface area contributed by atoms with Crippen LogP contribution >= 0.6 is 11.8 Å². The van der Waals surface area contributed by atoms with E-state index >= 15 is 0 Å². The van der Waals surface area contributed by atoms with E-state index < -0.39 is 0 Å². The molecule has 0 aliphatic heterocycles. The molecule has 2 N–H and O–H groups in total. The highest BCUT2D eigenvalue weighted by molar-refractivity contribution is 7.99. The first-order valence-electron chi connectivity index (χ1n) is 7.07. The molecule has 4 heteroatoms. The van der Waals surface area contributed by atoms with Crippen LogP contribution in [0.4, 0.5) is 5.69 Å². The van der Waals surface area contributed by atoms with Gasteiger partial charge in [-0.2, -0.15) is 0 Å². The Morgan fingerprint density at radius 2 is 2.32 bits per heavy atom. The Morgan fingerprint density at radius 1 is 1.42 bits per heavy atom. The second-order valence-electron chi connectivity index (χ2n) is 5.39. The van der Waals surface area contributed by atoms with Crippen molar-refractivity contribution in [1.82, 2.24) is 4.98 Å². The topological polar surface area (TPSA) is 52.0 Å². The number of hydrogen-bond donors (Lipinski definition) is 1. The van der Waals surface area contributed by atoms with E-state index in [1.54, 1.807) is 11.8 Å². The van der Waals surface area contributed by atoms with Gasteiger partial charge >= 0.3 is 0 Å². The summed E-state index contributed by atoms with van der Waals surface area (Å²) in [7, 11) is 0. The van der Waals surface area contributed by atoms with Gasteiger partial charge in [-0.25, -0.2) is 4.98 Å². The molecule has 102 valence electrons. The van der Waals surface area contributed by atoms with E-state index in [1.165, 1.54) is 32.1 Å². The predicted molar refractivity (Wildman–Crippen MR) is 80.3 cm³/mol. The summed E-state index contributed by atoms with van der Waals surface area (Å²) in [6.07, 6.45) is 6.59. The van der Waals surface area contributed by atoms with Crippen molar-refractivity contribution in [2.45, 2.75) is 49.5 Å². The Morgan fingerprint density at radius 3 is 3.16 bits per heavy atom. The number of aromatic nitrogens is 1. The van der Waals surface area contributed by atoms with Crippen molar-refractivity contribution < 1.29 is 4.42 Å². The summed E-state index contributed by atoms with van der Waals surface area (Å²) in [5.41, 5.74) is 8.20. The Labute approximate surface area is 118 Å². The van der Waals surface area contributed by atoms with Gasteiger partial charge in [0.2, 0.25) is 0 Å². The van der Waals surface area contributed by atoms with Crippen molar-refractivity contribution in [3.8, 4) is 0 Å². The van der Waals surface area contributed by atoms with Gasteiger partial charge in [0.1, 0.15) is 5.52 Å². The summed E-state index contributed by atoms with van der Waals surface area (Å²) in [5, 5.41) is 1.45. The minimum atomic E-state index is 0.657. The molecule has 1 heterocycles. The lowest BCUT2D eigenvalue weighted by atomic mass is 9.87. The fraction of sp³-hybridized carbons (Fsp3) is 0.533. The third-order valence-corrected chi connectivity index (χ3v) is 5.11. The number of nitrogen functional groups attached to an aromatic ring is 1. The van der Waals surface area contributed by atoms with Gasteiger partial charge in [0.25, 0.3) is 5.22 Å². The van der Waals surface area contributed by atoms with E-state index in [1.807, 2.05) is 18.2 Å². The van der Waals surface area contributed by atoms with Crippen LogP contribution in [-0.4, -0.2) is 10.2 Å². The van der Waals surface area contributed by atoms with Crippen molar-refractivity contribution in [2.24, 2.45) is 5.92 Å². The van der Waals surface area contributed by atoms with Crippen LogP contribution in [0.15, 0.2) is 27.8 Å². The Hall–Kier alpha value is -1.16. The first-order valence-corrected chi connectivity index (χ1v) is 7.95. The van der Waals surface area contributed by atoms with Crippen molar-refractivity contribution in [2.75, 3.05) is 5.73 Å². The number of anilines is 1. The van der Waals surface area contributed by atoms with E-state index in [0.717, 1.165) is 27.9 Å². The molecule has 0 saturated heterocycles. The van der Waals surface area contributed by atoms with Crippen LogP contribution in [0.5, 0.6) is 0 Å². The monoisotopic (exact) mass is 276 g/mol. The van der Waals surface area contributed by atoms with Gasteiger partial charge in [0.15, 0.2) is 5.58 Å². The molecule has 2 unspecified atom stereocenters. The van der Waals surface area contributed by atoms with Gasteiger partial charge < -0.3 is 10.2 Å². The van der Waals surface area contributed by atoms with Crippen molar-refractivity contribution in [1.29, 1.82) is 0 Å². The van der Waals surface area contributed by atoms with Gasteiger partial charge in [-0.3, -0.25) is 0 Å². The minimum Gasteiger partial charge on any atom is -0.431 e. The lowest BCUT2D eigenvalue weighted by Crippen LogP contribution is -2.16. The summed E-state index contributed by atoms with van der Waals surface area (Å²) in [5.74, 6) is 0.881. The quantitative estimate of drug-likeness (QED) is 0.840. The van der Waals surface area contributed by atoms with Crippen LogP contribution in [0, 0.1) is 5.92 Å². The molecule has 19 heavy (non-hydrogen) atoms. The summed E-state index contributed by atoms with van der Waals surface area (Å²) in [6.45, 7) is 2.29. The third kappa shape index (κ3) is 2.89. The van der Waals surface area contributed by atoms with Gasteiger partial charge in [0, 0.05) is 10.9 Å². The lowest BCUT2D eigenvalue weighted by molar-refractivity contribution is 0.355. The van der Waals surface area contributed by atoms with Crippen molar-refractivity contribution in [3.63, 3.8) is 0 Å². The Balaban J connectivity index is 1.74. The summed E-state index contributed by atoms with van der Waals surface area (Å²) >= 11 is 1.80. The molecule has 1 aromatic carbocycles. The zero-order valence-electron chi connectivity index (χ0n) is 11.3. The second-order valence-corrected chi connectivity index (χ2v) is 6.64. The Kier molecular flexibility index (Phi) is 3.69. The average molecular weight is 276 g/mol. The van der Waals surface area contributed by atoms with Crippen LogP contribution in [0.3, 0.4) is 0 Å². The molecule has 0 radical (unpaired) electrons. The van der Waals surface area contributed by atoms with Gasteiger partial charge in [0.05, 0.1) is 0 Å². The first kappa shape index (κ1) is 12.9. The molecule has 0 amide bonds. The molecule has 2 aromatic rings. The third-order valence-electron chi connectivity index (χ3n) is 3.97. The van der Waals surface area contributed by atoms with E-state index in [2.05, 4.69) is 11.9 Å². The number of fused-ring (bicyclic) bond motifs is 1. The Bertz CT molecular complexity index is 566. The predicted octanol–water partition coefficient (Wildman–Crippen LogP) is 4.47. The largest absolute Gasteiger partial charge is 0.431 e. The molecule has 3 rings (SSSR count). The SMILES string of the molecule is CCC1CCCC(Sc2nc3cc(N)ccc3o2)C1. The summed E-state index contributed by atoms with van der Waals surface area (Å²) in [6, 6.07) is 5.63. The molecular formula is C15H20N2OS. The first-order chi connectivity index (χ1) is 9.24. The molecule has 3 nitrogen and oxygen atoms in total. The lowest BCUT2D eigenvalue weighted by Gasteiger charge is -2.26. The average Bonchev–Trinajstić information content (AvgIpc) is 2.80. The highest BCUT2D eigenvalue weighted by Crippen LogP contribution is 2.38. The maximum Gasteiger partial charge on any atom is 0.257 e. The number of rotatable bonds is 3. The van der Waals surface area contributed by atoms with Gasteiger partial charge in [-0.05, 0) is 37.0 Å². The van der Waals surface area contributed by atoms with Crippen LogP contribution in [0.2, 0.25) is 0 Å². The molecule has 1 aliphatic carbocycles. The molecule has 0 bridgehead atoms. The molecule has 1 aromatic heterocycles. The molecule has 2 atom stereocenters. The van der Waals surface area contributed by atoms with E-state index in [4.69, 9.17) is 10.2 Å². The highest BCUT2D eigenvalue weighted by Gasteiger charge is 2.23. The summed E-state index contributed by atoms with van der Waals surface area (Å²) < 4.78 is 5.79. The molecule has 1 fully saturated rings. The maximum absolute atomic E-state index is 5.79. The van der Waals surface area contributed by atoms with Gasteiger partial charge in [-0.15, -0.1) is 0 Å². The van der Waals surface area contributed by atoms with Crippen molar-refractivity contribution in [3.05, 3.63) is 18.2 Å². The molecule has 1 aliphatic rings. The van der Waals surface area contributed by atoms with Crippen LogP contribution < -0.4 is 5.73 Å². The van der Waals surface area contributed by atoms with E-state index in [9.17, 15) is 0 Å². The zero-order chi connectivity index (χ0) is 13.2. The van der Waals surface area contributed by atoms with Crippen molar-refractivity contribution >= 4 is 28.5 Å².